The van der Waals surface area contributed by atoms with Gasteiger partial charge in [-0.05, 0) is 48.5 Å². The van der Waals surface area contributed by atoms with Gasteiger partial charge in [0.05, 0.1) is 7.11 Å². The molecule has 0 saturated heterocycles. The Balaban J connectivity index is 1.65. The third-order valence-electron chi connectivity index (χ3n) is 2.99. The van der Waals surface area contributed by atoms with Crippen LogP contribution in [0.25, 0.3) is 11.4 Å². The number of aromatic nitrogens is 2. The van der Waals surface area contributed by atoms with Crippen LogP contribution < -0.4 is 9.47 Å². The van der Waals surface area contributed by atoms with E-state index in [1.807, 2.05) is 36.4 Å². The van der Waals surface area contributed by atoms with Gasteiger partial charge in [-0.3, -0.25) is 0 Å². The van der Waals surface area contributed by atoms with Crippen molar-refractivity contribution in [3.8, 4) is 22.9 Å². The first kappa shape index (κ1) is 14.4. The minimum atomic E-state index is 0.201. The molecule has 3 aromatic rings. The number of rotatable bonds is 5. The maximum atomic E-state index is 5.85. The van der Waals surface area contributed by atoms with Crippen LogP contribution in [0.5, 0.6) is 11.5 Å². The second kappa shape index (κ2) is 6.49. The predicted octanol–water partition coefficient (Wildman–Crippen LogP) is 3.98. The van der Waals surface area contributed by atoms with E-state index >= 15 is 0 Å². The first-order valence-corrected chi connectivity index (χ1v) is 6.98. The SMILES string of the molecule is COc1ccc(OCc2nc(-c3ccc(Cl)cc3)no2)cc1. The zero-order valence-electron chi connectivity index (χ0n) is 11.8. The van der Waals surface area contributed by atoms with Gasteiger partial charge < -0.3 is 14.0 Å². The fraction of sp³-hybridized carbons (Fsp3) is 0.125. The van der Waals surface area contributed by atoms with E-state index in [0.29, 0.717) is 22.5 Å². The van der Waals surface area contributed by atoms with Crippen molar-refractivity contribution in [2.45, 2.75) is 6.61 Å². The fourth-order valence-electron chi connectivity index (χ4n) is 1.85. The summed E-state index contributed by atoms with van der Waals surface area (Å²) >= 11 is 5.85. The van der Waals surface area contributed by atoms with E-state index in [1.165, 1.54) is 0 Å². The van der Waals surface area contributed by atoms with Crippen LogP contribution in [0, 0.1) is 0 Å². The molecule has 0 atom stereocenters. The topological polar surface area (TPSA) is 57.4 Å². The molecule has 0 N–H and O–H groups in total. The molecule has 0 amide bonds. The Kier molecular flexibility index (Phi) is 4.25. The van der Waals surface area contributed by atoms with Gasteiger partial charge in [0.2, 0.25) is 5.82 Å². The standard InChI is InChI=1S/C16H13ClN2O3/c1-20-13-6-8-14(9-7-13)21-10-15-18-16(19-22-15)11-2-4-12(17)5-3-11/h2-9H,10H2,1H3. The molecule has 6 heteroatoms. The highest BCUT2D eigenvalue weighted by Gasteiger charge is 2.09. The van der Waals surface area contributed by atoms with Crippen LogP contribution in [0.3, 0.4) is 0 Å². The molecular weight excluding hydrogens is 304 g/mol. The van der Waals surface area contributed by atoms with Crippen LogP contribution in [-0.4, -0.2) is 17.3 Å². The van der Waals surface area contributed by atoms with Crippen molar-refractivity contribution < 1.29 is 14.0 Å². The van der Waals surface area contributed by atoms with E-state index in [9.17, 15) is 0 Å². The molecule has 1 heterocycles. The second-order valence-electron chi connectivity index (χ2n) is 4.48. The van der Waals surface area contributed by atoms with Crippen molar-refractivity contribution in [2.75, 3.05) is 7.11 Å². The monoisotopic (exact) mass is 316 g/mol. The van der Waals surface area contributed by atoms with E-state index in [0.717, 1.165) is 11.3 Å². The number of nitrogens with zero attached hydrogens (tertiary/aromatic N) is 2. The van der Waals surface area contributed by atoms with E-state index in [2.05, 4.69) is 10.1 Å². The van der Waals surface area contributed by atoms with Crippen LogP contribution in [0.2, 0.25) is 5.02 Å². The highest BCUT2D eigenvalue weighted by atomic mass is 35.5. The van der Waals surface area contributed by atoms with Gasteiger partial charge in [-0.2, -0.15) is 4.98 Å². The van der Waals surface area contributed by atoms with Crippen molar-refractivity contribution in [2.24, 2.45) is 0 Å². The summed E-state index contributed by atoms with van der Waals surface area (Å²) in [5.41, 5.74) is 0.837. The summed E-state index contributed by atoms with van der Waals surface area (Å²) in [6.07, 6.45) is 0. The Labute approximate surface area is 132 Å². The minimum absolute atomic E-state index is 0.201. The summed E-state index contributed by atoms with van der Waals surface area (Å²) in [7, 11) is 1.62. The highest BCUT2D eigenvalue weighted by molar-refractivity contribution is 6.30. The van der Waals surface area contributed by atoms with Crippen molar-refractivity contribution in [3.05, 3.63) is 59.4 Å². The fourth-order valence-corrected chi connectivity index (χ4v) is 1.97. The lowest BCUT2D eigenvalue weighted by Gasteiger charge is -2.04. The first-order valence-electron chi connectivity index (χ1n) is 6.60. The molecule has 0 fully saturated rings. The molecule has 0 aliphatic carbocycles. The van der Waals surface area contributed by atoms with Gasteiger partial charge in [0, 0.05) is 10.6 Å². The molecule has 22 heavy (non-hydrogen) atoms. The van der Waals surface area contributed by atoms with E-state index in [4.69, 9.17) is 25.6 Å². The van der Waals surface area contributed by atoms with Crippen LogP contribution in [0.15, 0.2) is 53.1 Å². The number of hydrogen-bond donors (Lipinski definition) is 0. The van der Waals surface area contributed by atoms with E-state index in [-0.39, 0.29) is 6.61 Å². The molecule has 1 aromatic heterocycles. The van der Waals surface area contributed by atoms with Gasteiger partial charge >= 0.3 is 0 Å². The summed E-state index contributed by atoms with van der Waals surface area (Å²) in [6.45, 7) is 0.201. The Morgan fingerprint density at radius 3 is 2.36 bits per heavy atom. The lowest BCUT2D eigenvalue weighted by Crippen LogP contribution is -1.95. The van der Waals surface area contributed by atoms with Crippen molar-refractivity contribution >= 4 is 11.6 Å². The zero-order valence-corrected chi connectivity index (χ0v) is 12.6. The molecule has 0 bridgehead atoms. The Morgan fingerprint density at radius 1 is 1.00 bits per heavy atom. The number of hydrogen-bond acceptors (Lipinski definition) is 5. The number of methoxy groups -OCH3 is 1. The van der Waals surface area contributed by atoms with Crippen molar-refractivity contribution in [1.29, 1.82) is 0 Å². The molecular formula is C16H13ClN2O3. The molecule has 0 spiro atoms. The van der Waals surface area contributed by atoms with Crippen molar-refractivity contribution in [3.63, 3.8) is 0 Å². The van der Waals surface area contributed by atoms with Crippen LogP contribution >= 0.6 is 11.6 Å². The lowest BCUT2D eigenvalue weighted by atomic mass is 10.2. The summed E-state index contributed by atoms with van der Waals surface area (Å²) in [6, 6.07) is 14.5. The average molecular weight is 317 g/mol. The van der Waals surface area contributed by atoms with Gasteiger partial charge in [-0.1, -0.05) is 16.8 Å². The van der Waals surface area contributed by atoms with Gasteiger partial charge in [-0.25, -0.2) is 0 Å². The largest absolute Gasteiger partial charge is 0.497 e. The maximum absolute atomic E-state index is 5.85. The molecule has 0 radical (unpaired) electrons. The third-order valence-corrected chi connectivity index (χ3v) is 3.24. The molecule has 0 saturated carbocycles. The molecule has 0 aliphatic heterocycles. The highest BCUT2D eigenvalue weighted by Crippen LogP contribution is 2.20. The lowest BCUT2D eigenvalue weighted by molar-refractivity contribution is 0.242. The number of ether oxygens (including phenoxy) is 2. The van der Waals surface area contributed by atoms with Crippen LogP contribution in [0.1, 0.15) is 5.89 Å². The second-order valence-corrected chi connectivity index (χ2v) is 4.92. The Morgan fingerprint density at radius 2 is 1.68 bits per heavy atom. The van der Waals surface area contributed by atoms with Crippen LogP contribution in [-0.2, 0) is 6.61 Å². The molecule has 2 aromatic carbocycles. The minimum Gasteiger partial charge on any atom is -0.497 e. The molecule has 0 unspecified atom stereocenters. The zero-order chi connectivity index (χ0) is 15.4. The smallest absolute Gasteiger partial charge is 0.264 e. The summed E-state index contributed by atoms with van der Waals surface area (Å²) in [4.78, 5) is 4.29. The third kappa shape index (κ3) is 3.38. The summed E-state index contributed by atoms with van der Waals surface area (Å²) in [5.74, 6) is 2.38. The molecule has 0 aliphatic rings. The van der Waals surface area contributed by atoms with Crippen molar-refractivity contribution in [1.82, 2.24) is 10.1 Å². The Bertz CT molecular complexity index is 739. The normalized spacial score (nSPS) is 10.5. The van der Waals surface area contributed by atoms with E-state index < -0.39 is 0 Å². The summed E-state index contributed by atoms with van der Waals surface area (Å²) in [5, 5.41) is 4.59. The van der Waals surface area contributed by atoms with E-state index in [1.54, 1.807) is 19.2 Å². The summed E-state index contributed by atoms with van der Waals surface area (Å²) < 4.78 is 15.8. The molecule has 3 rings (SSSR count). The quantitative estimate of drug-likeness (QED) is 0.712. The van der Waals surface area contributed by atoms with Gasteiger partial charge in [0.1, 0.15) is 11.5 Å². The molecule has 112 valence electrons. The predicted molar refractivity (Wildman–Crippen MR) is 82.1 cm³/mol. The Hall–Kier alpha value is -2.53. The average Bonchev–Trinajstić information content (AvgIpc) is 3.03. The number of benzene rings is 2. The molecule has 5 nitrogen and oxygen atoms in total. The maximum Gasteiger partial charge on any atom is 0.264 e. The van der Waals surface area contributed by atoms with Gasteiger partial charge in [-0.15, -0.1) is 0 Å². The van der Waals surface area contributed by atoms with Gasteiger partial charge in [0.15, 0.2) is 6.61 Å². The first-order chi connectivity index (χ1) is 10.7. The van der Waals surface area contributed by atoms with Gasteiger partial charge in [0.25, 0.3) is 5.89 Å². The number of halogens is 1. The van der Waals surface area contributed by atoms with Crippen LogP contribution in [0.4, 0.5) is 0 Å².